The fourth-order valence-electron chi connectivity index (χ4n) is 1.07. The lowest BCUT2D eigenvalue weighted by Gasteiger charge is -2.13. The second-order valence-electron chi connectivity index (χ2n) is 3.17. The third-order valence-corrected chi connectivity index (χ3v) is 3.44. The molecule has 1 aliphatic heterocycles. The highest BCUT2D eigenvalue weighted by atomic mass is 33.1. The van der Waals surface area contributed by atoms with Gasteiger partial charge in [0.2, 0.25) is 0 Å². The summed E-state index contributed by atoms with van der Waals surface area (Å²) < 4.78 is 0. The monoisotopic (exact) mass is 249 g/mol. The molecule has 1 heterocycles. The van der Waals surface area contributed by atoms with Crippen molar-refractivity contribution in [2.24, 2.45) is 0 Å². The summed E-state index contributed by atoms with van der Waals surface area (Å²) in [7, 11) is 1.22. The van der Waals surface area contributed by atoms with Gasteiger partial charge in [-0.3, -0.25) is 9.59 Å². The summed E-state index contributed by atoms with van der Waals surface area (Å²) in [5.41, 5.74) is 0. The fourth-order valence-corrected chi connectivity index (χ4v) is 1.50. The number of carbonyl (C=O) groups is 3. The minimum absolute atomic E-state index is 0.0198. The van der Waals surface area contributed by atoms with Gasteiger partial charge in [0.1, 0.15) is 0 Å². The maximum Gasteiger partial charge on any atom is 0.334 e. The highest BCUT2D eigenvalue weighted by Gasteiger charge is 2.32. The van der Waals surface area contributed by atoms with Gasteiger partial charge in [0.05, 0.1) is 6.42 Å². The molecule has 1 fully saturated rings. The third-order valence-electron chi connectivity index (χ3n) is 1.83. The van der Waals surface area contributed by atoms with Crippen LogP contribution in [-0.4, -0.2) is 28.1 Å². The molecule has 0 aromatic rings. The Labute approximate surface area is 96.3 Å². The highest BCUT2D eigenvalue weighted by Crippen LogP contribution is 2.19. The Morgan fingerprint density at radius 2 is 2.07 bits per heavy atom. The summed E-state index contributed by atoms with van der Waals surface area (Å²) in [6.45, 7) is 1.80. The van der Waals surface area contributed by atoms with Gasteiger partial charge in [0.25, 0.3) is 11.8 Å². The number of imide groups is 1. The molecule has 0 aliphatic carbocycles. The van der Waals surface area contributed by atoms with Gasteiger partial charge in [-0.25, -0.2) is 4.79 Å². The Morgan fingerprint density at radius 3 is 2.53 bits per heavy atom. The van der Waals surface area contributed by atoms with Crippen LogP contribution in [-0.2, 0) is 19.2 Å². The molecule has 1 aliphatic rings. The molecule has 1 unspecified atom stereocenters. The molecule has 1 atom stereocenters. The van der Waals surface area contributed by atoms with E-state index in [1.807, 2.05) is 0 Å². The molecule has 84 valence electrons. The molecule has 1 saturated heterocycles. The zero-order valence-electron chi connectivity index (χ0n) is 8.13. The van der Waals surface area contributed by atoms with E-state index in [-0.39, 0.29) is 24.5 Å². The normalized spacial score (nSPS) is 18.1. The molecule has 0 N–H and O–H groups in total. The molecule has 7 heteroatoms. The van der Waals surface area contributed by atoms with Crippen molar-refractivity contribution < 1.29 is 19.2 Å². The molecular weight excluding hydrogens is 238 g/mol. The largest absolute Gasteiger partial charge is 0.334 e. The average Bonchev–Trinajstić information content (AvgIpc) is 2.49. The summed E-state index contributed by atoms with van der Waals surface area (Å²) in [6.07, 6.45) is 0.344. The van der Waals surface area contributed by atoms with Crippen LogP contribution >= 0.6 is 22.5 Å². The van der Waals surface area contributed by atoms with E-state index in [9.17, 15) is 14.4 Å². The van der Waals surface area contributed by atoms with Crippen LogP contribution in [0.15, 0.2) is 0 Å². The van der Waals surface area contributed by atoms with Crippen molar-refractivity contribution in [1.82, 2.24) is 5.06 Å². The topological polar surface area (TPSA) is 63.7 Å². The van der Waals surface area contributed by atoms with Crippen LogP contribution in [0.3, 0.4) is 0 Å². The van der Waals surface area contributed by atoms with Gasteiger partial charge in [-0.1, -0.05) is 17.7 Å². The van der Waals surface area contributed by atoms with Gasteiger partial charge >= 0.3 is 5.97 Å². The number of hydroxylamine groups is 2. The summed E-state index contributed by atoms with van der Waals surface area (Å²) >= 11 is 3.94. The van der Waals surface area contributed by atoms with Crippen molar-refractivity contribution >= 4 is 40.2 Å². The van der Waals surface area contributed by atoms with Crippen LogP contribution in [0.2, 0.25) is 0 Å². The van der Waals surface area contributed by atoms with Crippen molar-refractivity contribution in [2.75, 3.05) is 0 Å². The Morgan fingerprint density at radius 1 is 1.53 bits per heavy atom. The van der Waals surface area contributed by atoms with E-state index in [4.69, 9.17) is 0 Å². The van der Waals surface area contributed by atoms with Crippen LogP contribution in [0, 0.1) is 0 Å². The summed E-state index contributed by atoms with van der Waals surface area (Å²) in [5, 5.41) is 0.534. The lowest BCUT2D eigenvalue weighted by molar-refractivity contribution is -0.197. The number of hydrogen-bond acceptors (Lipinski definition) is 6. The molecule has 0 bridgehead atoms. The molecule has 0 saturated carbocycles. The van der Waals surface area contributed by atoms with Crippen molar-refractivity contribution in [2.45, 2.75) is 31.4 Å². The quantitative estimate of drug-likeness (QED) is 0.456. The van der Waals surface area contributed by atoms with Crippen LogP contribution in [0.1, 0.15) is 26.2 Å². The predicted octanol–water partition coefficient (Wildman–Crippen LogP) is 0.950. The second-order valence-corrected chi connectivity index (χ2v) is 4.81. The first-order chi connectivity index (χ1) is 7.04. The molecule has 2 amide bonds. The highest BCUT2D eigenvalue weighted by molar-refractivity contribution is 8.68. The fraction of sp³-hybridized carbons (Fsp3) is 0.625. The number of rotatable bonds is 4. The van der Waals surface area contributed by atoms with Crippen molar-refractivity contribution in [1.29, 1.82) is 0 Å². The summed E-state index contributed by atoms with van der Waals surface area (Å²) in [5.74, 6) is -1.51. The lowest BCUT2D eigenvalue weighted by atomic mass is 10.3. The van der Waals surface area contributed by atoms with Gasteiger partial charge in [0, 0.05) is 18.1 Å². The van der Waals surface area contributed by atoms with Crippen molar-refractivity contribution in [3.8, 4) is 0 Å². The van der Waals surface area contributed by atoms with E-state index < -0.39 is 17.8 Å². The Balaban J connectivity index is 2.44. The van der Waals surface area contributed by atoms with Crippen LogP contribution in [0.4, 0.5) is 0 Å². The van der Waals surface area contributed by atoms with Gasteiger partial charge < -0.3 is 4.84 Å². The molecule has 0 radical (unpaired) electrons. The number of carbonyl (C=O) groups excluding carboxylic acids is 3. The zero-order chi connectivity index (χ0) is 11.4. The zero-order valence-corrected chi connectivity index (χ0v) is 9.85. The van der Waals surface area contributed by atoms with Crippen LogP contribution in [0.5, 0.6) is 0 Å². The number of nitrogens with zero attached hydrogens (tertiary/aromatic N) is 1. The first-order valence-electron chi connectivity index (χ1n) is 4.41. The third kappa shape index (κ3) is 3.42. The summed E-state index contributed by atoms with van der Waals surface area (Å²) in [6, 6.07) is 0. The van der Waals surface area contributed by atoms with Crippen molar-refractivity contribution in [3.63, 3.8) is 0 Å². The maximum atomic E-state index is 11.2. The molecule has 0 spiro atoms. The number of thiol groups is 1. The second kappa shape index (κ2) is 5.41. The van der Waals surface area contributed by atoms with Gasteiger partial charge in [-0.2, -0.15) is 0 Å². The van der Waals surface area contributed by atoms with E-state index in [0.717, 1.165) is 0 Å². The molecular formula is C8H11NO4S2. The average molecular weight is 249 g/mol. The predicted molar refractivity (Wildman–Crippen MR) is 57.8 cm³/mol. The number of hydrogen-bond donors (Lipinski definition) is 1. The molecule has 5 nitrogen and oxygen atoms in total. The maximum absolute atomic E-state index is 11.2. The Bertz CT molecular complexity index is 278. The summed E-state index contributed by atoms with van der Waals surface area (Å²) in [4.78, 5) is 38.1. The SMILES string of the molecule is CC(CC(=O)ON1C(=O)CCC1=O)SS. The van der Waals surface area contributed by atoms with Gasteiger partial charge in [-0.05, 0) is 0 Å². The van der Waals surface area contributed by atoms with E-state index in [1.165, 1.54) is 10.8 Å². The lowest BCUT2D eigenvalue weighted by Crippen LogP contribution is -2.32. The van der Waals surface area contributed by atoms with Gasteiger partial charge in [-0.15, -0.1) is 16.7 Å². The van der Waals surface area contributed by atoms with E-state index >= 15 is 0 Å². The van der Waals surface area contributed by atoms with Crippen LogP contribution < -0.4 is 0 Å². The standard InChI is InChI=1S/C8H11NO4S2/c1-5(15-14)4-8(12)13-9-6(10)2-3-7(9)11/h5,14H,2-4H2,1H3. The first kappa shape index (κ1) is 12.4. The molecule has 1 rings (SSSR count). The van der Waals surface area contributed by atoms with E-state index in [0.29, 0.717) is 5.06 Å². The van der Waals surface area contributed by atoms with Gasteiger partial charge in [0.15, 0.2) is 0 Å². The molecule has 15 heavy (non-hydrogen) atoms. The Kier molecular flexibility index (Phi) is 4.46. The minimum Gasteiger partial charge on any atom is -0.330 e. The van der Waals surface area contributed by atoms with Crippen LogP contribution in [0.25, 0.3) is 0 Å². The first-order valence-corrected chi connectivity index (χ1v) is 6.34. The minimum atomic E-state index is -0.590. The van der Waals surface area contributed by atoms with E-state index in [2.05, 4.69) is 16.5 Å². The molecule has 0 aromatic heterocycles. The number of amides is 2. The molecule has 0 aromatic carbocycles. The van der Waals surface area contributed by atoms with Crippen molar-refractivity contribution in [3.05, 3.63) is 0 Å². The Hall–Kier alpha value is -0.690. The smallest absolute Gasteiger partial charge is 0.330 e. The van der Waals surface area contributed by atoms with E-state index in [1.54, 1.807) is 6.92 Å².